The second kappa shape index (κ2) is 4.13. The lowest BCUT2D eigenvalue weighted by Crippen LogP contribution is -2.13. The molecule has 4 heteroatoms. The molecule has 1 saturated carbocycles. The van der Waals surface area contributed by atoms with E-state index in [2.05, 4.69) is 23.9 Å². The largest absolute Gasteiger partial charge is 0.299 e. The van der Waals surface area contributed by atoms with Crippen molar-refractivity contribution >= 4 is 5.78 Å². The first-order valence-corrected chi connectivity index (χ1v) is 5.61. The molecule has 0 N–H and O–H groups in total. The summed E-state index contributed by atoms with van der Waals surface area (Å²) in [6.07, 6.45) is 4.06. The smallest absolute Gasteiger partial charge is 0.143 e. The summed E-state index contributed by atoms with van der Waals surface area (Å²) in [5.41, 5.74) is 0. The van der Waals surface area contributed by atoms with E-state index in [1.54, 1.807) is 0 Å². The van der Waals surface area contributed by atoms with E-state index in [4.69, 9.17) is 0 Å². The van der Waals surface area contributed by atoms with Crippen LogP contribution < -0.4 is 0 Å². The van der Waals surface area contributed by atoms with E-state index in [1.807, 2.05) is 4.68 Å². The first kappa shape index (κ1) is 10.3. The second-order valence-electron chi connectivity index (χ2n) is 4.36. The van der Waals surface area contributed by atoms with Crippen LogP contribution in [-0.4, -0.2) is 20.5 Å². The number of hydrogen-bond acceptors (Lipinski definition) is 3. The Bertz CT molecular complexity index is 358. The third-order valence-corrected chi connectivity index (χ3v) is 2.99. The Labute approximate surface area is 89.7 Å². The van der Waals surface area contributed by atoms with Gasteiger partial charge in [0.2, 0.25) is 0 Å². The summed E-state index contributed by atoms with van der Waals surface area (Å²) in [6, 6.07) is 0. The molecule has 82 valence electrons. The van der Waals surface area contributed by atoms with Crippen LogP contribution in [-0.2, 0) is 17.8 Å². The summed E-state index contributed by atoms with van der Waals surface area (Å²) in [5.74, 6) is 2.02. The molecule has 0 radical (unpaired) electrons. The van der Waals surface area contributed by atoms with Gasteiger partial charge in [0.25, 0.3) is 0 Å². The molecule has 0 bridgehead atoms. The van der Waals surface area contributed by atoms with Crippen LogP contribution in [0.25, 0.3) is 0 Å². The molecule has 1 aliphatic rings. The van der Waals surface area contributed by atoms with Gasteiger partial charge in [-0.3, -0.25) is 4.79 Å². The van der Waals surface area contributed by atoms with Crippen molar-refractivity contribution < 1.29 is 4.79 Å². The van der Waals surface area contributed by atoms with Crippen LogP contribution in [0.3, 0.4) is 0 Å². The summed E-state index contributed by atoms with van der Waals surface area (Å²) in [7, 11) is 0. The molecule has 1 aromatic heterocycles. The molecular formula is C11H17N3O. The first-order valence-electron chi connectivity index (χ1n) is 5.61. The third-order valence-electron chi connectivity index (χ3n) is 2.99. The molecule has 0 aliphatic heterocycles. The number of aromatic nitrogens is 3. The van der Waals surface area contributed by atoms with E-state index in [1.165, 1.54) is 6.33 Å². The molecule has 1 aromatic rings. The molecule has 0 saturated heterocycles. The van der Waals surface area contributed by atoms with Crippen LogP contribution in [0.2, 0.25) is 0 Å². The van der Waals surface area contributed by atoms with Crippen molar-refractivity contribution in [3.63, 3.8) is 0 Å². The van der Waals surface area contributed by atoms with Crippen LogP contribution in [0.15, 0.2) is 6.33 Å². The average Bonchev–Trinajstić information content (AvgIpc) is 2.78. The SMILES string of the molecule is CCCn1ncnc1CC(=O)C1CC1C. The highest BCUT2D eigenvalue weighted by molar-refractivity contribution is 5.85. The predicted octanol–water partition coefficient (Wildman–Crippen LogP) is 1.46. The Morgan fingerprint density at radius 1 is 1.67 bits per heavy atom. The number of Topliss-reactive ketones (excluding diaryl/α,β-unsaturated/α-hetero) is 1. The summed E-state index contributed by atoms with van der Waals surface area (Å²) in [6.45, 7) is 5.07. The van der Waals surface area contributed by atoms with Gasteiger partial charge >= 0.3 is 0 Å². The fraction of sp³-hybridized carbons (Fsp3) is 0.727. The average molecular weight is 207 g/mol. The van der Waals surface area contributed by atoms with Gasteiger partial charge < -0.3 is 0 Å². The minimum atomic E-state index is 0.289. The maximum Gasteiger partial charge on any atom is 0.143 e. The lowest BCUT2D eigenvalue weighted by atomic mass is 10.1. The molecule has 0 aromatic carbocycles. The van der Waals surface area contributed by atoms with Gasteiger partial charge in [0.1, 0.15) is 17.9 Å². The fourth-order valence-electron chi connectivity index (χ4n) is 1.88. The van der Waals surface area contributed by atoms with Crippen molar-refractivity contribution in [2.45, 2.75) is 39.7 Å². The van der Waals surface area contributed by atoms with Gasteiger partial charge in [-0.15, -0.1) is 0 Å². The summed E-state index contributed by atoms with van der Waals surface area (Å²) in [4.78, 5) is 15.9. The zero-order valence-electron chi connectivity index (χ0n) is 9.31. The molecular weight excluding hydrogens is 190 g/mol. The van der Waals surface area contributed by atoms with Crippen LogP contribution in [0, 0.1) is 11.8 Å². The van der Waals surface area contributed by atoms with E-state index in [0.717, 1.165) is 25.2 Å². The Kier molecular flexibility index (Phi) is 2.84. The number of ketones is 1. The number of hydrogen-bond donors (Lipinski definition) is 0. The number of nitrogens with zero attached hydrogens (tertiary/aromatic N) is 3. The number of aryl methyl sites for hydroxylation is 1. The Morgan fingerprint density at radius 2 is 2.40 bits per heavy atom. The molecule has 2 atom stereocenters. The van der Waals surface area contributed by atoms with Crippen molar-refractivity contribution in [3.8, 4) is 0 Å². The van der Waals surface area contributed by atoms with Crippen molar-refractivity contribution in [2.75, 3.05) is 0 Å². The minimum absolute atomic E-state index is 0.289. The van der Waals surface area contributed by atoms with Crippen molar-refractivity contribution in [1.29, 1.82) is 0 Å². The van der Waals surface area contributed by atoms with Gasteiger partial charge in [-0.2, -0.15) is 5.10 Å². The fourth-order valence-corrected chi connectivity index (χ4v) is 1.88. The predicted molar refractivity (Wildman–Crippen MR) is 56.3 cm³/mol. The molecule has 1 heterocycles. The highest BCUT2D eigenvalue weighted by atomic mass is 16.1. The third kappa shape index (κ3) is 2.25. The molecule has 2 rings (SSSR count). The monoisotopic (exact) mass is 207 g/mol. The number of carbonyl (C=O) groups is 1. The Balaban J connectivity index is 1.97. The van der Waals surface area contributed by atoms with Gasteiger partial charge in [-0.1, -0.05) is 13.8 Å². The molecule has 1 aliphatic carbocycles. The number of carbonyl (C=O) groups excluding carboxylic acids is 1. The van der Waals surface area contributed by atoms with Gasteiger partial charge in [0.05, 0.1) is 6.42 Å². The second-order valence-corrected chi connectivity index (χ2v) is 4.36. The van der Waals surface area contributed by atoms with E-state index < -0.39 is 0 Å². The molecule has 2 unspecified atom stereocenters. The highest BCUT2D eigenvalue weighted by Crippen LogP contribution is 2.38. The maximum atomic E-state index is 11.8. The zero-order chi connectivity index (χ0) is 10.8. The van der Waals surface area contributed by atoms with Crippen LogP contribution in [0.4, 0.5) is 0 Å². The van der Waals surface area contributed by atoms with E-state index in [9.17, 15) is 4.79 Å². The van der Waals surface area contributed by atoms with Crippen LogP contribution >= 0.6 is 0 Å². The number of rotatable bonds is 5. The molecule has 0 amide bonds. The van der Waals surface area contributed by atoms with Crippen molar-refractivity contribution in [1.82, 2.24) is 14.8 Å². The normalized spacial score (nSPS) is 24.1. The summed E-state index contributed by atoms with van der Waals surface area (Å²) < 4.78 is 1.84. The molecule has 15 heavy (non-hydrogen) atoms. The van der Waals surface area contributed by atoms with Gasteiger partial charge in [0.15, 0.2) is 0 Å². The molecule has 0 spiro atoms. The molecule has 1 fully saturated rings. The van der Waals surface area contributed by atoms with E-state index >= 15 is 0 Å². The van der Waals surface area contributed by atoms with E-state index in [-0.39, 0.29) is 5.92 Å². The highest BCUT2D eigenvalue weighted by Gasteiger charge is 2.38. The topological polar surface area (TPSA) is 47.8 Å². The van der Waals surface area contributed by atoms with Gasteiger partial charge in [-0.05, 0) is 18.8 Å². The molecule has 4 nitrogen and oxygen atoms in total. The Morgan fingerprint density at radius 3 is 3.00 bits per heavy atom. The zero-order valence-corrected chi connectivity index (χ0v) is 9.31. The maximum absolute atomic E-state index is 11.8. The standard InChI is InChI=1S/C11H17N3O/c1-3-4-14-11(12-7-13-14)6-10(15)9-5-8(9)2/h7-9H,3-6H2,1-2H3. The Hall–Kier alpha value is -1.19. The van der Waals surface area contributed by atoms with Crippen LogP contribution in [0.5, 0.6) is 0 Å². The summed E-state index contributed by atoms with van der Waals surface area (Å²) >= 11 is 0. The lowest BCUT2D eigenvalue weighted by molar-refractivity contribution is -0.120. The van der Waals surface area contributed by atoms with Gasteiger partial charge in [0, 0.05) is 12.5 Å². The summed E-state index contributed by atoms with van der Waals surface area (Å²) in [5, 5.41) is 4.11. The quantitative estimate of drug-likeness (QED) is 0.734. The van der Waals surface area contributed by atoms with Gasteiger partial charge in [-0.25, -0.2) is 9.67 Å². The minimum Gasteiger partial charge on any atom is -0.299 e. The van der Waals surface area contributed by atoms with Crippen molar-refractivity contribution in [3.05, 3.63) is 12.2 Å². The van der Waals surface area contributed by atoms with E-state index in [0.29, 0.717) is 18.1 Å². The first-order chi connectivity index (χ1) is 7.22. The van der Waals surface area contributed by atoms with Crippen LogP contribution in [0.1, 0.15) is 32.5 Å². The van der Waals surface area contributed by atoms with Crippen molar-refractivity contribution in [2.24, 2.45) is 11.8 Å². The lowest BCUT2D eigenvalue weighted by Gasteiger charge is -2.03.